The Labute approximate surface area is 228 Å². The van der Waals surface area contributed by atoms with Crippen molar-refractivity contribution in [3.8, 4) is 11.1 Å². The van der Waals surface area contributed by atoms with E-state index in [0.29, 0.717) is 0 Å². The van der Waals surface area contributed by atoms with Gasteiger partial charge in [0.2, 0.25) is 0 Å². The monoisotopic (exact) mass is 536 g/mol. The first-order valence-electron chi connectivity index (χ1n) is 13.5. The molecule has 208 valence electrons. The van der Waals surface area contributed by atoms with E-state index in [4.69, 9.17) is 18.9 Å². The zero-order chi connectivity index (χ0) is 27.8. The minimum atomic E-state index is -1.34. The molecule has 0 aromatic heterocycles. The van der Waals surface area contributed by atoms with Crippen LogP contribution in [0.25, 0.3) is 11.1 Å². The van der Waals surface area contributed by atoms with Crippen molar-refractivity contribution in [1.29, 1.82) is 0 Å². The number of piperidine rings is 1. The molecule has 2 unspecified atom stereocenters. The van der Waals surface area contributed by atoms with Crippen molar-refractivity contribution >= 4 is 18.2 Å². The van der Waals surface area contributed by atoms with Crippen LogP contribution < -0.4 is 5.32 Å². The third-order valence-corrected chi connectivity index (χ3v) is 7.53. The average molecular weight is 537 g/mol. The molecule has 1 N–H and O–H groups in total. The molecule has 1 aliphatic carbocycles. The van der Waals surface area contributed by atoms with Crippen LogP contribution in [-0.2, 0) is 23.7 Å². The van der Waals surface area contributed by atoms with E-state index in [1.54, 1.807) is 32.6 Å². The number of nitrogens with one attached hydrogen (secondary N) is 1. The van der Waals surface area contributed by atoms with Crippen LogP contribution in [0, 0.1) is 0 Å². The third-order valence-electron chi connectivity index (χ3n) is 7.53. The Kier molecular flexibility index (Phi) is 7.29. The summed E-state index contributed by atoms with van der Waals surface area (Å²) in [5.41, 5.74) is 2.51. The van der Waals surface area contributed by atoms with Gasteiger partial charge in [-0.25, -0.2) is 14.4 Å². The Balaban J connectivity index is 1.33. The number of benzene rings is 2. The Morgan fingerprint density at radius 3 is 2.05 bits per heavy atom. The topological polar surface area (TPSA) is 103 Å². The van der Waals surface area contributed by atoms with E-state index in [2.05, 4.69) is 29.6 Å². The van der Waals surface area contributed by atoms with Gasteiger partial charge < -0.3 is 24.3 Å². The van der Waals surface area contributed by atoms with Crippen molar-refractivity contribution < 1.29 is 33.3 Å². The van der Waals surface area contributed by atoms with Crippen molar-refractivity contribution in [2.75, 3.05) is 26.4 Å². The molecular formula is C30H36N2O7. The Hall–Kier alpha value is -3.59. The summed E-state index contributed by atoms with van der Waals surface area (Å²) in [5.74, 6) is -0.602. The standard InChI is InChI=1S/C30H36N2O7/c1-5-37-26(33)30(31-27(34)39-29(2,3)4)14-19-16-36-17-20(15-30)32(19)28(35)38-18-25-23-12-8-6-10-21(23)22-11-7-9-13-24(22)25/h6-13,19-20,25H,5,14-18H2,1-4H3,(H,31,34). The molecule has 5 rings (SSSR count). The van der Waals surface area contributed by atoms with Gasteiger partial charge in [0.25, 0.3) is 0 Å². The fourth-order valence-electron chi connectivity index (χ4n) is 6.06. The number of carbonyl (C=O) groups is 3. The van der Waals surface area contributed by atoms with Gasteiger partial charge in [-0.2, -0.15) is 0 Å². The van der Waals surface area contributed by atoms with E-state index in [9.17, 15) is 14.4 Å². The summed E-state index contributed by atoms with van der Waals surface area (Å²) in [7, 11) is 0. The SMILES string of the molecule is CCOC(=O)C1(NC(=O)OC(C)(C)C)CC2COCC(C1)N2C(=O)OCC1c2ccccc2-c2ccccc21. The van der Waals surface area contributed by atoms with Gasteiger partial charge in [-0.3, -0.25) is 4.90 Å². The van der Waals surface area contributed by atoms with Crippen molar-refractivity contribution in [2.45, 2.75) is 69.7 Å². The van der Waals surface area contributed by atoms with Crippen LogP contribution in [0.5, 0.6) is 0 Å². The van der Waals surface area contributed by atoms with Crippen LogP contribution in [0.15, 0.2) is 48.5 Å². The lowest BCUT2D eigenvalue weighted by molar-refractivity contribution is -0.161. The minimum absolute atomic E-state index is 0.0605. The summed E-state index contributed by atoms with van der Waals surface area (Å²) in [6.07, 6.45) is -0.897. The molecule has 2 amide bonds. The van der Waals surface area contributed by atoms with Crippen LogP contribution in [0.4, 0.5) is 9.59 Å². The van der Waals surface area contributed by atoms with Crippen LogP contribution in [0.3, 0.4) is 0 Å². The summed E-state index contributed by atoms with van der Waals surface area (Å²) >= 11 is 0. The summed E-state index contributed by atoms with van der Waals surface area (Å²) in [5, 5.41) is 2.79. The zero-order valence-electron chi connectivity index (χ0n) is 22.9. The molecule has 2 fully saturated rings. The minimum Gasteiger partial charge on any atom is -0.464 e. The number of morpholine rings is 1. The van der Waals surface area contributed by atoms with Crippen LogP contribution in [0.2, 0.25) is 0 Å². The van der Waals surface area contributed by atoms with Gasteiger partial charge in [-0.15, -0.1) is 0 Å². The molecule has 9 nitrogen and oxygen atoms in total. The molecule has 2 saturated heterocycles. The maximum atomic E-state index is 13.5. The third kappa shape index (κ3) is 5.32. The molecule has 0 radical (unpaired) electrons. The largest absolute Gasteiger partial charge is 0.464 e. The van der Waals surface area contributed by atoms with Crippen LogP contribution in [-0.4, -0.2) is 72.7 Å². The quantitative estimate of drug-likeness (QED) is 0.439. The molecule has 2 bridgehead atoms. The van der Waals surface area contributed by atoms with Crippen molar-refractivity contribution in [2.24, 2.45) is 0 Å². The van der Waals surface area contributed by atoms with Gasteiger partial charge in [0.05, 0.1) is 31.9 Å². The molecule has 2 aromatic carbocycles. The number of hydrogen-bond acceptors (Lipinski definition) is 7. The second-order valence-electron chi connectivity index (χ2n) is 11.4. The number of hydrogen-bond donors (Lipinski definition) is 1. The lowest BCUT2D eigenvalue weighted by Crippen LogP contribution is -2.70. The van der Waals surface area contributed by atoms with Gasteiger partial charge in [0.1, 0.15) is 17.7 Å². The average Bonchev–Trinajstić information content (AvgIpc) is 3.19. The molecule has 2 heterocycles. The van der Waals surface area contributed by atoms with Crippen molar-refractivity contribution in [3.63, 3.8) is 0 Å². The maximum Gasteiger partial charge on any atom is 0.410 e. The van der Waals surface area contributed by atoms with E-state index < -0.39 is 41.4 Å². The van der Waals surface area contributed by atoms with Gasteiger partial charge >= 0.3 is 18.2 Å². The molecule has 2 atom stereocenters. The summed E-state index contributed by atoms with van der Waals surface area (Å²) in [6, 6.07) is 15.4. The second-order valence-corrected chi connectivity index (χ2v) is 11.4. The number of amides is 2. The molecule has 3 aliphatic rings. The number of alkyl carbamates (subject to hydrolysis) is 1. The van der Waals surface area contributed by atoms with E-state index in [1.807, 2.05) is 24.3 Å². The first-order valence-corrected chi connectivity index (χ1v) is 13.5. The fourth-order valence-corrected chi connectivity index (χ4v) is 6.06. The molecule has 2 aliphatic heterocycles. The zero-order valence-corrected chi connectivity index (χ0v) is 22.9. The van der Waals surface area contributed by atoms with Gasteiger partial charge in [0.15, 0.2) is 0 Å². The van der Waals surface area contributed by atoms with E-state index in [0.717, 1.165) is 22.3 Å². The molecule has 39 heavy (non-hydrogen) atoms. The van der Waals surface area contributed by atoms with Crippen molar-refractivity contribution in [3.05, 3.63) is 59.7 Å². The predicted octanol–water partition coefficient (Wildman–Crippen LogP) is 4.63. The molecule has 9 heteroatoms. The Bertz CT molecular complexity index is 1190. The normalized spacial score (nSPS) is 23.8. The highest BCUT2D eigenvalue weighted by Gasteiger charge is 2.55. The van der Waals surface area contributed by atoms with E-state index in [1.165, 1.54) is 0 Å². The van der Waals surface area contributed by atoms with Crippen LogP contribution >= 0.6 is 0 Å². The lowest BCUT2D eigenvalue weighted by Gasteiger charge is -2.51. The number of ether oxygens (including phenoxy) is 4. The molecule has 0 spiro atoms. The summed E-state index contributed by atoms with van der Waals surface area (Å²) in [6.45, 7) is 7.79. The first kappa shape index (κ1) is 27.0. The van der Waals surface area contributed by atoms with Gasteiger partial charge in [-0.05, 0) is 49.9 Å². The highest BCUT2D eigenvalue weighted by atomic mass is 16.6. The van der Waals surface area contributed by atoms with Crippen LogP contribution in [0.1, 0.15) is 57.6 Å². The predicted molar refractivity (Wildman–Crippen MR) is 143 cm³/mol. The first-order chi connectivity index (χ1) is 18.6. The maximum absolute atomic E-state index is 13.5. The highest BCUT2D eigenvalue weighted by Crippen LogP contribution is 2.45. The highest BCUT2D eigenvalue weighted by molar-refractivity contribution is 5.87. The van der Waals surface area contributed by atoms with E-state index >= 15 is 0 Å². The van der Waals surface area contributed by atoms with Gasteiger partial charge in [-0.1, -0.05) is 48.5 Å². The number of esters is 1. The Morgan fingerprint density at radius 2 is 1.51 bits per heavy atom. The number of fused-ring (bicyclic) bond motifs is 5. The molecule has 2 aromatic rings. The second kappa shape index (κ2) is 10.5. The van der Waals surface area contributed by atoms with Gasteiger partial charge in [0, 0.05) is 18.8 Å². The fraction of sp³-hybridized carbons (Fsp3) is 0.500. The van der Waals surface area contributed by atoms with Crippen molar-refractivity contribution in [1.82, 2.24) is 10.2 Å². The Morgan fingerprint density at radius 1 is 0.949 bits per heavy atom. The van der Waals surface area contributed by atoms with E-state index in [-0.39, 0.29) is 45.2 Å². The lowest BCUT2D eigenvalue weighted by atomic mass is 9.78. The number of nitrogens with zero attached hydrogens (tertiary/aromatic N) is 1. The number of rotatable bonds is 5. The molecular weight excluding hydrogens is 500 g/mol. The summed E-state index contributed by atoms with van der Waals surface area (Å²) < 4.78 is 22.5. The molecule has 0 saturated carbocycles. The smallest absolute Gasteiger partial charge is 0.410 e. The number of carbonyl (C=O) groups excluding carboxylic acids is 3. The summed E-state index contributed by atoms with van der Waals surface area (Å²) in [4.78, 5) is 41.1.